The third kappa shape index (κ3) is 3.47. The van der Waals surface area contributed by atoms with E-state index in [0.717, 1.165) is 22.9 Å². The van der Waals surface area contributed by atoms with Gasteiger partial charge in [-0.1, -0.05) is 48.5 Å². The molecule has 0 spiro atoms. The summed E-state index contributed by atoms with van der Waals surface area (Å²) in [6.45, 7) is 0. The lowest BCUT2D eigenvalue weighted by molar-refractivity contribution is -0.403. The van der Waals surface area contributed by atoms with E-state index >= 15 is 0 Å². The quantitative estimate of drug-likeness (QED) is 0.365. The lowest BCUT2D eigenvalue weighted by Crippen LogP contribution is -2.00. The monoisotopic (exact) mass is 365 g/mol. The van der Waals surface area contributed by atoms with Crippen LogP contribution in [0, 0.1) is 30.3 Å². The number of hydrogen-bond donors (Lipinski definition) is 0. The second kappa shape index (κ2) is 7.00. The average Bonchev–Trinajstić information content (AvgIpc) is 2.65. The Bertz CT molecular complexity index is 1080. The van der Waals surface area contributed by atoms with Crippen molar-refractivity contribution in [3.63, 3.8) is 0 Å². The Morgan fingerprint density at radius 3 is 1.89 bits per heavy atom. The molecule has 0 aliphatic heterocycles. The Hall–Kier alpha value is -4.14. The summed E-state index contributed by atoms with van der Waals surface area (Å²) in [4.78, 5) is 30.9. The number of non-ortho nitro benzene ring substituents is 1. The predicted octanol–water partition coefficient (Wildman–Crippen LogP) is 4.73. The van der Waals surface area contributed by atoms with Gasteiger partial charge in [-0.2, -0.15) is 0 Å². The van der Waals surface area contributed by atoms with Gasteiger partial charge in [0.15, 0.2) is 0 Å². The topological polar surface area (TPSA) is 129 Å². The van der Waals surface area contributed by atoms with E-state index in [0.29, 0.717) is 5.56 Å². The summed E-state index contributed by atoms with van der Waals surface area (Å²) in [5.41, 5.74) is -1.71. The Labute approximate surface area is 151 Å². The van der Waals surface area contributed by atoms with Crippen LogP contribution in [0.15, 0.2) is 54.6 Å². The first kappa shape index (κ1) is 17.7. The fourth-order valence-electron chi connectivity index (χ4n) is 2.76. The smallest absolute Gasteiger partial charge is 0.258 e. The van der Waals surface area contributed by atoms with Crippen molar-refractivity contribution in [2.24, 2.45) is 0 Å². The molecule has 0 fully saturated rings. The highest BCUT2D eigenvalue weighted by Gasteiger charge is 2.28. The molecule has 0 amide bonds. The highest BCUT2D eigenvalue weighted by Crippen LogP contribution is 2.35. The molecule has 9 nitrogen and oxygen atoms in total. The maximum absolute atomic E-state index is 11.3. The molecule has 0 unspecified atom stereocenters. The normalized spacial score (nSPS) is 11.0. The number of nitro benzene ring substituents is 3. The van der Waals surface area contributed by atoms with E-state index in [2.05, 4.69) is 0 Å². The molecule has 3 aromatic carbocycles. The minimum absolute atomic E-state index is 0.302. The van der Waals surface area contributed by atoms with Crippen molar-refractivity contribution in [3.8, 4) is 0 Å². The van der Waals surface area contributed by atoms with Crippen molar-refractivity contribution in [2.75, 3.05) is 0 Å². The van der Waals surface area contributed by atoms with Crippen LogP contribution < -0.4 is 0 Å². The van der Waals surface area contributed by atoms with Crippen LogP contribution >= 0.6 is 0 Å². The van der Waals surface area contributed by atoms with Crippen LogP contribution in [-0.2, 0) is 0 Å². The second-order valence-electron chi connectivity index (χ2n) is 5.57. The summed E-state index contributed by atoms with van der Waals surface area (Å²) >= 11 is 0. The summed E-state index contributed by atoms with van der Waals surface area (Å²) in [5.74, 6) is 0. The van der Waals surface area contributed by atoms with Crippen molar-refractivity contribution in [1.29, 1.82) is 0 Å². The molecule has 3 aromatic rings. The highest BCUT2D eigenvalue weighted by molar-refractivity contribution is 5.94. The van der Waals surface area contributed by atoms with Crippen molar-refractivity contribution in [2.45, 2.75) is 0 Å². The van der Waals surface area contributed by atoms with Crippen LogP contribution in [0.25, 0.3) is 22.9 Å². The third-order valence-corrected chi connectivity index (χ3v) is 3.98. The zero-order valence-electron chi connectivity index (χ0n) is 13.6. The van der Waals surface area contributed by atoms with E-state index in [-0.39, 0.29) is 5.56 Å². The number of hydrogen-bond acceptors (Lipinski definition) is 6. The van der Waals surface area contributed by atoms with Crippen molar-refractivity contribution >= 4 is 40.0 Å². The molecule has 0 aliphatic rings. The summed E-state index contributed by atoms with van der Waals surface area (Å²) in [6.07, 6.45) is 2.76. The van der Waals surface area contributed by atoms with Gasteiger partial charge in [-0.15, -0.1) is 0 Å². The first-order valence-electron chi connectivity index (χ1n) is 7.65. The average molecular weight is 365 g/mol. The number of benzene rings is 3. The molecule has 0 N–H and O–H groups in total. The minimum Gasteiger partial charge on any atom is -0.258 e. The van der Waals surface area contributed by atoms with Crippen LogP contribution in [-0.4, -0.2) is 14.8 Å². The van der Waals surface area contributed by atoms with Gasteiger partial charge in [0.05, 0.1) is 26.9 Å². The summed E-state index contributed by atoms with van der Waals surface area (Å²) in [5, 5.41) is 35.4. The minimum atomic E-state index is -0.905. The molecule has 0 saturated heterocycles. The molecule has 0 aliphatic carbocycles. The van der Waals surface area contributed by atoms with Gasteiger partial charge in [0.1, 0.15) is 5.56 Å². The molecular weight excluding hydrogens is 354 g/mol. The van der Waals surface area contributed by atoms with Crippen LogP contribution in [0.5, 0.6) is 0 Å². The van der Waals surface area contributed by atoms with Gasteiger partial charge in [0.2, 0.25) is 0 Å². The second-order valence-corrected chi connectivity index (χ2v) is 5.57. The Morgan fingerprint density at radius 2 is 1.30 bits per heavy atom. The molecule has 0 bridgehead atoms. The standard InChI is InChI=1S/C18H11N3O6/c22-19(23)14-10-17(20(24)25)16(18(11-14)21(26)27)9-8-13-6-3-5-12-4-1-2-7-15(12)13/h1-11H. The lowest BCUT2D eigenvalue weighted by Gasteiger charge is -2.03. The first-order chi connectivity index (χ1) is 12.9. The first-order valence-corrected chi connectivity index (χ1v) is 7.65. The lowest BCUT2D eigenvalue weighted by atomic mass is 10.0. The van der Waals surface area contributed by atoms with Crippen LogP contribution in [0.3, 0.4) is 0 Å². The number of fused-ring (bicyclic) bond motifs is 1. The Balaban J connectivity index is 2.20. The maximum atomic E-state index is 11.3. The van der Waals surface area contributed by atoms with E-state index in [4.69, 9.17) is 0 Å². The molecule has 0 radical (unpaired) electrons. The van der Waals surface area contributed by atoms with E-state index in [1.54, 1.807) is 12.1 Å². The van der Waals surface area contributed by atoms with Crippen LogP contribution in [0.2, 0.25) is 0 Å². The summed E-state index contributed by atoms with van der Waals surface area (Å²) < 4.78 is 0. The zero-order chi connectivity index (χ0) is 19.6. The SMILES string of the molecule is O=[N+]([O-])c1cc([N+](=O)[O-])c(C=Cc2cccc3ccccc23)c([N+](=O)[O-])c1. The Kier molecular flexibility index (Phi) is 4.58. The maximum Gasteiger partial charge on any atom is 0.290 e. The fraction of sp³-hybridized carbons (Fsp3) is 0. The van der Waals surface area contributed by atoms with Crippen LogP contribution in [0.1, 0.15) is 11.1 Å². The molecule has 3 rings (SSSR count). The molecular formula is C18H11N3O6. The molecule has 0 atom stereocenters. The molecule has 0 saturated carbocycles. The van der Waals surface area contributed by atoms with Gasteiger partial charge in [-0.25, -0.2) is 0 Å². The Morgan fingerprint density at radius 1 is 0.704 bits per heavy atom. The van der Waals surface area contributed by atoms with Gasteiger partial charge in [0.25, 0.3) is 17.1 Å². The summed E-state index contributed by atoms with van der Waals surface area (Å²) in [6, 6.07) is 14.3. The van der Waals surface area contributed by atoms with E-state index in [9.17, 15) is 30.3 Å². The van der Waals surface area contributed by atoms with Gasteiger partial charge in [-0.05, 0) is 22.4 Å². The third-order valence-electron chi connectivity index (χ3n) is 3.98. The van der Waals surface area contributed by atoms with Gasteiger partial charge in [-0.3, -0.25) is 30.3 Å². The molecule has 134 valence electrons. The van der Waals surface area contributed by atoms with Gasteiger partial charge in [0, 0.05) is 0 Å². The summed E-state index contributed by atoms with van der Waals surface area (Å²) in [7, 11) is 0. The molecule has 0 aromatic heterocycles. The number of nitrogens with zero attached hydrogens (tertiary/aromatic N) is 3. The van der Waals surface area contributed by atoms with Gasteiger partial charge < -0.3 is 0 Å². The van der Waals surface area contributed by atoms with Gasteiger partial charge >= 0.3 is 0 Å². The largest absolute Gasteiger partial charge is 0.290 e. The van der Waals surface area contributed by atoms with Crippen molar-refractivity contribution in [3.05, 3.63) is 96.1 Å². The predicted molar refractivity (Wildman–Crippen MR) is 99.3 cm³/mol. The number of rotatable bonds is 5. The molecule has 0 heterocycles. The fourth-order valence-corrected chi connectivity index (χ4v) is 2.76. The van der Waals surface area contributed by atoms with E-state index < -0.39 is 31.8 Å². The van der Waals surface area contributed by atoms with E-state index in [1.807, 2.05) is 30.3 Å². The highest BCUT2D eigenvalue weighted by atomic mass is 16.6. The number of nitro groups is 3. The molecule has 27 heavy (non-hydrogen) atoms. The molecule has 9 heteroatoms. The zero-order valence-corrected chi connectivity index (χ0v) is 13.6. The van der Waals surface area contributed by atoms with Crippen LogP contribution in [0.4, 0.5) is 17.1 Å². The van der Waals surface area contributed by atoms with Crippen molar-refractivity contribution in [1.82, 2.24) is 0 Å². The van der Waals surface area contributed by atoms with Crippen molar-refractivity contribution < 1.29 is 14.8 Å². The van der Waals surface area contributed by atoms with E-state index in [1.165, 1.54) is 12.2 Å².